The van der Waals surface area contributed by atoms with Gasteiger partial charge in [0, 0.05) is 25.7 Å². The lowest BCUT2D eigenvalue weighted by molar-refractivity contribution is -0.129. The van der Waals surface area contributed by atoms with E-state index in [1.165, 1.54) is 0 Å². The average Bonchev–Trinajstić information content (AvgIpc) is 2.59. The number of rotatable bonds is 8. The molecule has 2 N–H and O–H groups in total. The number of carbonyl (C=O) groups is 1. The molecule has 0 fully saturated rings. The molecular weight excluding hydrogens is 300 g/mol. The number of benzene rings is 2. The maximum atomic E-state index is 12.2. The number of hydrogen-bond donors (Lipinski definition) is 1. The molecule has 0 spiro atoms. The fourth-order valence-corrected chi connectivity index (χ4v) is 2.52. The highest BCUT2D eigenvalue weighted by molar-refractivity contribution is 5.76. The first kappa shape index (κ1) is 17.9. The zero-order chi connectivity index (χ0) is 17.4. The summed E-state index contributed by atoms with van der Waals surface area (Å²) < 4.78 is 5.76. The largest absolute Gasteiger partial charge is 0.493 e. The van der Waals surface area contributed by atoms with E-state index in [2.05, 4.69) is 0 Å². The van der Waals surface area contributed by atoms with Crippen molar-refractivity contribution >= 4 is 11.6 Å². The van der Waals surface area contributed by atoms with E-state index in [9.17, 15) is 4.79 Å². The van der Waals surface area contributed by atoms with Crippen molar-refractivity contribution in [1.82, 2.24) is 4.90 Å². The van der Waals surface area contributed by atoms with E-state index in [1.807, 2.05) is 62.5 Å². The second kappa shape index (κ2) is 8.96. The van der Waals surface area contributed by atoms with Crippen LogP contribution in [0.15, 0.2) is 48.5 Å². The average molecular weight is 326 g/mol. The second-order valence-corrected chi connectivity index (χ2v) is 5.98. The number of carbonyl (C=O) groups excluding carboxylic acids is 1. The van der Waals surface area contributed by atoms with Crippen LogP contribution in [0, 0.1) is 6.92 Å². The molecule has 0 aliphatic heterocycles. The van der Waals surface area contributed by atoms with Gasteiger partial charge in [0.2, 0.25) is 5.91 Å². The van der Waals surface area contributed by atoms with E-state index in [0.717, 1.165) is 29.0 Å². The van der Waals surface area contributed by atoms with Crippen LogP contribution in [0.4, 0.5) is 5.69 Å². The van der Waals surface area contributed by atoms with E-state index in [0.29, 0.717) is 26.0 Å². The quantitative estimate of drug-likeness (QED) is 0.597. The molecule has 4 heteroatoms. The minimum atomic E-state index is 0.133. The van der Waals surface area contributed by atoms with Crippen molar-refractivity contribution in [1.29, 1.82) is 0 Å². The topological polar surface area (TPSA) is 55.6 Å². The third-order valence-corrected chi connectivity index (χ3v) is 4.08. The minimum absolute atomic E-state index is 0.133. The molecule has 0 aromatic heterocycles. The zero-order valence-corrected chi connectivity index (χ0v) is 14.5. The third kappa shape index (κ3) is 5.30. The Bertz CT molecular complexity index is 670. The van der Waals surface area contributed by atoms with Crippen molar-refractivity contribution in [3.63, 3.8) is 0 Å². The van der Waals surface area contributed by atoms with Gasteiger partial charge in [0.1, 0.15) is 5.75 Å². The van der Waals surface area contributed by atoms with Gasteiger partial charge < -0.3 is 15.4 Å². The molecule has 0 heterocycles. The van der Waals surface area contributed by atoms with Crippen molar-refractivity contribution in [2.24, 2.45) is 0 Å². The van der Waals surface area contributed by atoms with Crippen LogP contribution < -0.4 is 10.5 Å². The van der Waals surface area contributed by atoms with Gasteiger partial charge in [-0.3, -0.25) is 4.79 Å². The maximum Gasteiger partial charge on any atom is 0.222 e. The first-order valence-electron chi connectivity index (χ1n) is 8.33. The van der Waals surface area contributed by atoms with Crippen molar-refractivity contribution in [2.75, 3.05) is 25.9 Å². The van der Waals surface area contributed by atoms with Gasteiger partial charge in [-0.05, 0) is 43.0 Å². The van der Waals surface area contributed by atoms with Gasteiger partial charge in [-0.25, -0.2) is 0 Å². The van der Waals surface area contributed by atoms with Gasteiger partial charge in [-0.15, -0.1) is 0 Å². The van der Waals surface area contributed by atoms with Gasteiger partial charge in [0.15, 0.2) is 0 Å². The molecule has 2 rings (SSSR count). The molecule has 0 aliphatic carbocycles. The Morgan fingerprint density at radius 2 is 1.83 bits per heavy atom. The third-order valence-electron chi connectivity index (χ3n) is 4.08. The molecule has 0 aliphatic rings. The predicted molar refractivity (Wildman–Crippen MR) is 98.1 cm³/mol. The number of para-hydroxylation sites is 2. The van der Waals surface area contributed by atoms with E-state index in [4.69, 9.17) is 10.5 Å². The highest BCUT2D eigenvalue weighted by Crippen LogP contribution is 2.16. The highest BCUT2D eigenvalue weighted by Gasteiger charge is 2.09. The summed E-state index contributed by atoms with van der Waals surface area (Å²) >= 11 is 0. The number of nitrogens with zero attached hydrogens (tertiary/aromatic N) is 1. The number of nitrogen functional groups attached to an aromatic ring is 1. The Balaban J connectivity index is 1.68. The monoisotopic (exact) mass is 326 g/mol. The number of aryl methyl sites for hydroxylation is 2. The molecule has 0 unspecified atom stereocenters. The molecule has 4 nitrogen and oxygen atoms in total. The molecule has 24 heavy (non-hydrogen) atoms. The Morgan fingerprint density at radius 3 is 2.58 bits per heavy atom. The van der Waals surface area contributed by atoms with Gasteiger partial charge in [-0.2, -0.15) is 0 Å². The molecule has 0 bridgehead atoms. The van der Waals surface area contributed by atoms with Crippen molar-refractivity contribution in [3.8, 4) is 5.75 Å². The SMILES string of the molecule is Cc1ccccc1OCCCN(C)C(=O)CCc1ccccc1N. The zero-order valence-electron chi connectivity index (χ0n) is 14.5. The molecule has 2 aromatic carbocycles. The van der Waals surface area contributed by atoms with Crippen molar-refractivity contribution < 1.29 is 9.53 Å². The van der Waals surface area contributed by atoms with Crippen LogP contribution in [0.1, 0.15) is 24.0 Å². The fourth-order valence-electron chi connectivity index (χ4n) is 2.52. The summed E-state index contributed by atoms with van der Waals surface area (Å²) in [4.78, 5) is 14.0. The molecular formula is C20H26N2O2. The minimum Gasteiger partial charge on any atom is -0.493 e. The van der Waals surface area contributed by atoms with Crippen LogP contribution >= 0.6 is 0 Å². The summed E-state index contributed by atoms with van der Waals surface area (Å²) in [5, 5.41) is 0. The van der Waals surface area contributed by atoms with E-state index >= 15 is 0 Å². The Hall–Kier alpha value is -2.49. The second-order valence-electron chi connectivity index (χ2n) is 5.98. The normalized spacial score (nSPS) is 10.4. The van der Waals surface area contributed by atoms with Crippen LogP contribution in [0.5, 0.6) is 5.75 Å². The van der Waals surface area contributed by atoms with Gasteiger partial charge in [0.25, 0.3) is 0 Å². The molecule has 128 valence electrons. The van der Waals surface area contributed by atoms with Gasteiger partial charge in [0.05, 0.1) is 6.61 Å². The van der Waals surface area contributed by atoms with Gasteiger partial charge in [-0.1, -0.05) is 36.4 Å². The Morgan fingerprint density at radius 1 is 1.12 bits per heavy atom. The van der Waals surface area contributed by atoms with E-state index in [1.54, 1.807) is 4.90 Å². The molecule has 0 saturated heterocycles. The van der Waals surface area contributed by atoms with Crippen molar-refractivity contribution in [2.45, 2.75) is 26.2 Å². The molecule has 0 radical (unpaired) electrons. The van der Waals surface area contributed by atoms with Crippen LogP contribution in [0.2, 0.25) is 0 Å². The predicted octanol–water partition coefficient (Wildman–Crippen LogP) is 3.44. The summed E-state index contributed by atoms with van der Waals surface area (Å²) in [5.41, 5.74) is 8.81. The molecule has 0 saturated carbocycles. The van der Waals surface area contributed by atoms with Crippen LogP contribution in [0.25, 0.3) is 0 Å². The van der Waals surface area contributed by atoms with Crippen molar-refractivity contribution in [3.05, 3.63) is 59.7 Å². The number of nitrogens with two attached hydrogens (primary N) is 1. The summed E-state index contributed by atoms with van der Waals surface area (Å²) in [6.07, 6.45) is 1.96. The highest BCUT2D eigenvalue weighted by atomic mass is 16.5. The lowest BCUT2D eigenvalue weighted by Gasteiger charge is -2.18. The number of ether oxygens (including phenoxy) is 1. The summed E-state index contributed by atoms with van der Waals surface area (Å²) in [6.45, 7) is 3.32. The first-order valence-corrected chi connectivity index (χ1v) is 8.33. The fraction of sp³-hybridized carbons (Fsp3) is 0.350. The Labute approximate surface area is 144 Å². The number of anilines is 1. The smallest absolute Gasteiger partial charge is 0.222 e. The Kier molecular flexibility index (Phi) is 6.67. The number of amides is 1. The summed E-state index contributed by atoms with van der Waals surface area (Å²) in [7, 11) is 1.84. The van der Waals surface area contributed by atoms with Crippen LogP contribution in [-0.2, 0) is 11.2 Å². The van der Waals surface area contributed by atoms with Crippen LogP contribution in [0.3, 0.4) is 0 Å². The first-order chi connectivity index (χ1) is 11.6. The van der Waals surface area contributed by atoms with Crippen LogP contribution in [-0.4, -0.2) is 31.0 Å². The lowest BCUT2D eigenvalue weighted by atomic mass is 10.1. The summed E-state index contributed by atoms with van der Waals surface area (Å²) in [6, 6.07) is 15.6. The van der Waals surface area contributed by atoms with E-state index in [-0.39, 0.29) is 5.91 Å². The molecule has 1 amide bonds. The van der Waals surface area contributed by atoms with E-state index < -0.39 is 0 Å². The lowest BCUT2D eigenvalue weighted by Crippen LogP contribution is -2.28. The molecule has 2 aromatic rings. The standard InChI is InChI=1S/C20H26N2O2/c1-16-8-3-6-11-19(16)24-15-7-14-22(2)20(23)13-12-17-9-4-5-10-18(17)21/h3-6,8-11H,7,12-15,21H2,1-2H3. The molecule has 0 atom stereocenters. The maximum absolute atomic E-state index is 12.2. The van der Waals surface area contributed by atoms with Gasteiger partial charge >= 0.3 is 0 Å². The number of hydrogen-bond acceptors (Lipinski definition) is 3. The summed E-state index contributed by atoms with van der Waals surface area (Å²) in [5.74, 6) is 1.04.